The second kappa shape index (κ2) is 7.15. The Kier molecular flexibility index (Phi) is 4.56. The van der Waals surface area contributed by atoms with E-state index >= 15 is 0 Å². The quantitative estimate of drug-likeness (QED) is 0.768. The number of aryl methyl sites for hydroxylation is 1. The van der Waals surface area contributed by atoms with Crippen LogP contribution in [0.15, 0.2) is 42.7 Å². The number of amides is 1. The molecular formula is C20H23N5O. The van der Waals surface area contributed by atoms with Gasteiger partial charge in [0.1, 0.15) is 11.6 Å². The minimum Gasteiger partial charge on any atom is -0.357 e. The highest BCUT2D eigenvalue weighted by Gasteiger charge is 2.15. The van der Waals surface area contributed by atoms with Gasteiger partial charge in [0.25, 0.3) is 0 Å². The number of aromatic nitrogens is 3. The van der Waals surface area contributed by atoms with Crippen LogP contribution in [0.3, 0.4) is 0 Å². The second-order valence-electron chi connectivity index (χ2n) is 6.76. The monoisotopic (exact) mass is 349 g/mol. The molecule has 1 saturated heterocycles. The number of hydrogen-bond donors (Lipinski definition) is 1. The number of rotatable bonds is 5. The molecule has 3 aromatic rings. The van der Waals surface area contributed by atoms with Crippen LogP contribution >= 0.6 is 0 Å². The molecule has 3 heterocycles. The Morgan fingerprint density at radius 2 is 2.00 bits per heavy atom. The van der Waals surface area contributed by atoms with Gasteiger partial charge in [-0.1, -0.05) is 18.2 Å². The number of nitrogens with zero attached hydrogens (tertiary/aromatic N) is 4. The predicted octanol–water partition coefficient (Wildman–Crippen LogP) is 2.43. The first-order valence-electron chi connectivity index (χ1n) is 9.07. The van der Waals surface area contributed by atoms with Crippen LogP contribution in [0.2, 0.25) is 0 Å². The van der Waals surface area contributed by atoms with Crippen LogP contribution in [0.25, 0.3) is 10.9 Å². The van der Waals surface area contributed by atoms with Gasteiger partial charge in [0, 0.05) is 43.4 Å². The molecule has 134 valence electrons. The second-order valence-corrected chi connectivity index (χ2v) is 6.76. The zero-order chi connectivity index (χ0) is 17.9. The van der Waals surface area contributed by atoms with E-state index in [2.05, 4.69) is 36.9 Å². The Bertz CT molecular complexity index is 927. The Morgan fingerprint density at radius 1 is 1.19 bits per heavy atom. The first kappa shape index (κ1) is 16.6. The number of para-hydroxylation sites is 1. The molecule has 0 bridgehead atoms. The van der Waals surface area contributed by atoms with Crippen molar-refractivity contribution >= 4 is 22.6 Å². The molecule has 6 nitrogen and oxygen atoms in total. The molecule has 2 aromatic heterocycles. The molecule has 1 aromatic carbocycles. The summed E-state index contributed by atoms with van der Waals surface area (Å²) in [6, 6.07) is 10.1. The SMILES string of the molecule is Cn1cc(CC(=O)NCc2nccc(N3CCCC3)n2)c2ccccc21. The molecule has 0 radical (unpaired) electrons. The summed E-state index contributed by atoms with van der Waals surface area (Å²) in [6.07, 6.45) is 6.57. The van der Waals surface area contributed by atoms with Gasteiger partial charge in [-0.05, 0) is 30.5 Å². The summed E-state index contributed by atoms with van der Waals surface area (Å²) < 4.78 is 2.06. The third-order valence-corrected chi connectivity index (χ3v) is 4.89. The zero-order valence-electron chi connectivity index (χ0n) is 15.0. The van der Waals surface area contributed by atoms with E-state index in [1.807, 2.05) is 31.4 Å². The van der Waals surface area contributed by atoms with Gasteiger partial charge in [0.05, 0.1) is 13.0 Å². The molecule has 4 rings (SSSR count). The normalized spacial score (nSPS) is 14.1. The molecule has 0 unspecified atom stereocenters. The lowest BCUT2D eigenvalue weighted by Crippen LogP contribution is -2.26. The van der Waals surface area contributed by atoms with Crippen LogP contribution in [0.5, 0.6) is 0 Å². The van der Waals surface area contributed by atoms with Gasteiger partial charge in [0.2, 0.25) is 5.91 Å². The molecule has 1 fully saturated rings. The number of carbonyl (C=O) groups excluding carboxylic acids is 1. The number of carbonyl (C=O) groups is 1. The van der Waals surface area contributed by atoms with E-state index in [9.17, 15) is 4.79 Å². The molecule has 0 atom stereocenters. The fourth-order valence-corrected chi connectivity index (χ4v) is 3.58. The summed E-state index contributed by atoms with van der Waals surface area (Å²) in [6.45, 7) is 2.44. The van der Waals surface area contributed by atoms with E-state index in [-0.39, 0.29) is 5.91 Å². The zero-order valence-corrected chi connectivity index (χ0v) is 15.0. The molecule has 1 aliphatic heterocycles. The Labute approximate surface area is 152 Å². The minimum atomic E-state index is -0.0171. The largest absolute Gasteiger partial charge is 0.357 e. The lowest BCUT2D eigenvalue weighted by atomic mass is 10.1. The van der Waals surface area contributed by atoms with Gasteiger partial charge in [-0.2, -0.15) is 0 Å². The predicted molar refractivity (Wildman–Crippen MR) is 102 cm³/mol. The Balaban J connectivity index is 1.40. The summed E-state index contributed by atoms with van der Waals surface area (Å²) in [5.74, 6) is 1.59. The molecular weight excluding hydrogens is 326 g/mol. The van der Waals surface area contributed by atoms with Crippen molar-refractivity contribution in [3.05, 3.63) is 54.1 Å². The van der Waals surface area contributed by atoms with E-state index < -0.39 is 0 Å². The Hall–Kier alpha value is -2.89. The topological polar surface area (TPSA) is 63.1 Å². The van der Waals surface area contributed by atoms with Gasteiger partial charge in [0.15, 0.2) is 0 Å². The van der Waals surface area contributed by atoms with Crippen molar-refractivity contribution in [1.29, 1.82) is 0 Å². The smallest absolute Gasteiger partial charge is 0.224 e. The maximum absolute atomic E-state index is 12.4. The van der Waals surface area contributed by atoms with Crippen LogP contribution in [-0.4, -0.2) is 33.5 Å². The van der Waals surface area contributed by atoms with Crippen molar-refractivity contribution in [2.75, 3.05) is 18.0 Å². The van der Waals surface area contributed by atoms with Crippen LogP contribution in [0.1, 0.15) is 24.2 Å². The van der Waals surface area contributed by atoms with Crippen molar-refractivity contribution < 1.29 is 4.79 Å². The summed E-state index contributed by atoms with van der Waals surface area (Å²) >= 11 is 0. The van der Waals surface area contributed by atoms with Crippen LogP contribution in [-0.2, 0) is 24.8 Å². The fraction of sp³-hybridized carbons (Fsp3) is 0.350. The summed E-state index contributed by atoms with van der Waals surface area (Å²) in [5, 5.41) is 4.07. The van der Waals surface area contributed by atoms with E-state index in [4.69, 9.17) is 0 Å². The molecule has 0 spiro atoms. The average molecular weight is 349 g/mol. The minimum absolute atomic E-state index is 0.0171. The summed E-state index contributed by atoms with van der Waals surface area (Å²) in [7, 11) is 2.00. The van der Waals surface area contributed by atoms with Gasteiger partial charge >= 0.3 is 0 Å². The molecule has 1 N–H and O–H groups in total. The standard InChI is InChI=1S/C20H23N5O/c1-24-14-15(16-6-2-3-7-17(16)24)12-20(26)22-13-18-21-9-8-19(23-18)25-10-4-5-11-25/h2-3,6-9,14H,4-5,10-13H2,1H3,(H,22,26). The highest BCUT2D eigenvalue weighted by Crippen LogP contribution is 2.20. The lowest BCUT2D eigenvalue weighted by molar-refractivity contribution is -0.120. The van der Waals surface area contributed by atoms with Crippen molar-refractivity contribution in [3.63, 3.8) is 0 Å². The van der Waals surface area contributed by atoms with E-state index in [0.717, 1.165) is 35.4 Å². The van der Waals surface area contributed by atoms with Crippen molar-refractivity contribution in [1.82, 2.24) is 19.9 Å². The van der Waals surface area contributed by atoms with E-state index in [0.29, 0.717) is 18.8 Å². The first-order chi connectivity index (χ1) is 12.7. The van der Waals surface area contributed by atoms with Gasteiger partial charge in [-0.15, -0.1) is 0 Å². The average Bonchev–Trinajstić information content (AvgIpc) is 3.30. The van der Waals surface area contributed by atoms with Crippen LogP contribution in [0.4, 0.5) is 5.82 Å². The van der Waals surface area contributed by atoms with Gasteiger partial charge < -0.3 is 14.8 Å². The van der Waals surface area contributed by atoms with Crippen molar-refractivity contribution in [3.8, 4) is 0 Å². The maximum atomic E-state index is 12.4. The maximum Gasteiger partial charge on any atom is 0.224 e. The summed E-state index contributed by atoms with van der Waals surface area (Å²) in [4.78, 5) is 23.5. The number of nitrogens with one attached hydrogen (secondary N) is 1. The van der Waals surface area contributed by atoms with E-state index in [1.165, 1.54) is 12.8 Å². The molecule has 26 heavy (non-hydrogen) atoms. The first-order valence-corrected chi connectivity index (χ1v) is 9.07. The number of anilines is 1. The fourth-order valence-electron chi connectivity index (χ4n) is 3.58. The molecule has 6 heteroatoms. The van der Waals surface area contributed by atoms with Crippen LogP contribution in [0, 0.1) is 0 Å². The van der Waals surface area contributed by atoms with Crippen molar-refractivity contribution in [2.24, 2.45) is 7.05 Å². The Morgan fingerprint density at radius 3 is 2.85 bits per heavy atom. The third-order valence-electron chi connectivity index (χ3n) is 4.89. The van der Waals surface area contributed by atoms with Gasteiger partial charge in [-0.25, -0.2) is 9.97 Å². The van der Waals surface area contributed by atoms with Gasteiger partial charge in [-0.3, -0.25) is 4.79 Å². The molecule has 1 aliphatic rings. The number of hydrogen-bond acceptors (Lipinski definition) is 4. The van der Waals surface area contributed by atoms with Crippen molar-refractivity contribution in [2.45, 2.75) is 25.8 Å². The number of benzene rings is 1. The lowest BCUT2D eigenvalue weighted by Gasteiger charge is -2.16. The molecule has 1 amide bonds. The summed E-state index contributed by atoms with van der Waals surface area (Å²) in [5.41, 5.74) is 2.17. The van der Waals surface area contributed by atoms with E-state index in [1.54, 1.807) is 6.20 Å². The molecule has 0 saturated carbocycles. The third kappa shape index (κ3) is 3.40. The highest BCUT2D eigenvalue weighted by molar-refractivity contribution is 5.89. The highest BCUT2D eigenvalue weighted by atomic mass is 16.1. The van der Waals surface area contributed by atoms with Crippen LogP contribution < -0.4 is 10.2 Å². The molecule has 0 aliphatic carbocycles. The number of fused-ring (bicyclic) bond motifs is 1.